The fourth-order valence-corrected chi connectivity index (χ4v) is 1.53. The fraction of sp³-hybridized carbons (Fsp3) is 0.818. The maximum atomic E-state index is 11.4. The van der Waals surface area contributed by atoms with E-state index in [1.165, 1.54) is 0 Å². The molecule has 1 amide bonds. The Labute approximate surface area is 100 Å². The van der Waals surface area contributed by atoms with Gasteiger partial charge in [-0.2, -0.15) is 0 Å². The Morgan fingerprint density at radius 1 is 1.35 bits per heavy atom. The molecule has 0 bridgehead atoms. The summed E-state index contributed by atoms with van der Waals surface area (Å²) in [6.07, 6.45) is -0.280. The van der Waals surface area contributed by atoms with Gasteiger partial charge in [0, 0.05) is 0 Å². The van der Waals surface area contributed by atoms with Gasteiger partial charge < -0.3 is 19.9 Å². The van der Waals surface area contributed by atoms with Crippen LogP contribution in [0.1, 0.15) is 33.6 Å². The molecule has 1 rings (SSSR count). The van der Waals surface area contributed by atoms with Crippen LogP contribution in [-0.4, -0.2) is 41.5 Å². The Morgan fingerprint density at radius 3 is 2.41 bits per heavy atom. The van der Waals surface area contributed by atoms with E-state index in [0.717, 1.165) is 0 Å². The number of carbonyl (C=O) groups is 2. The minimum absolute atomic E-state index is 0.180. The summed E-state index contributed by atoms with van der Waals surface area (Å²) < 4.78 is 10.2. The van der Waals surface area contributed by atoms with E-state index in [-0.39, 0.29) is 12.6 Å². The SMILES string of the molecule is CC(C)(C)OC(=O)NC1CC[C@@H](C(=O)O)OC1. The lowest BCUT2D eigenvalue weighted by atomic mass is 10.1. The zero-order chi connectivity index (χ0) is 13.1. The lowest BCUT2D eigenvalue weighted by Gasteiger charge is -2.28. The molecule has 0 aromatic carbocycles. The maximum absolute atomic E-state index is 11.4. The molecule has 0 radical (unpaired) electrons. The third-order valence-electron chi connectivity index (χ3n) is 2.27. The van der Waals surface area contributed by atoms with Crippen molar-refractivity contribution in [1.82, 2.24) is 5.32 Å². The van der Waals surface area contributed by atoms with Crippen LogP contribution in [-0.2, 0) is 14.3 Å². The molecule has 1 heterocycles. The minimum atomic E-state index is -0.958. The van der Waals surface area contributed by atoms with Crippen LogP contribution in [0.4, 0.5) is 4.79 Å². The first-order chi connectivity index (χ1) is 7.78. The van der Waals surface area contributed by atoms with Gasteiger partial charge in [0.2, 0.25) is 0 Å². The average Bonchev–Trinajstić information content (AvgIpc) is 2.15. The summed E-state index contributed by atoms with van der Waals surface area (Å²) in [6.45, 7) is 5.55. The zero-order valence-electron chi connectivity index (χ0n) is 10.4. The summed E-state index contributed by atoms with van der Waals surface area (Å²) in [5.74, 6) is -0.958. The van der Waals surface area contributed by atoms with E-state index in [9.17, 15) is 9.59 Å². The van der Waals surface area contributed by atoms with Gasteiger partial charge in [0.05, 0.1) is 12.6 Å². The molecule has 98 valence electrons. The van der Waals surface area contributed by atoms with Gasteiger partial charge in [0.25, 0.3) is 0 Å². The van der Waals surface area contributed by atoms with Crippen molar-refractivity contribution in [1.29, 1.82) is 0 Å². The molecule has 6 nitrogen and oxygen atoms in total. The maximum Gasteiger partial charge on any atom is 0.407 e. The number of nitrogens with one attached hydrogen (secondary N) is 1. The van der Waals surface area contributed by atoms with Gasteiger partial charge >= 0.3 is 12.1 Å². The molecule has 1 aliphatic heterocycles. The molecule has 0 aromatic heterocycles. The van der Waals surface area contributed by atoms with Crippen LogP contribution in [0, 0.1) is 0 Å². The molecule has 1 aliphatic rings. The van der Waals surface area contributed by atoms with Crippen LogP contribution in [0.5, 0.6) is 0 Å². The minimum Gasteiger partial charge on any atom is -0.479 e. The number of ether oxygens (including phenoxy) is 2. The highest BCUT2D eigenvalue weighted by molar-refractivity contribution is 5.72. The first-order valence-corrected chi connectivity index (χ1v) is 5.62. The molecular formula is C11H19NO5. The summed E-state index contributed by atoms with van der Waals surface area (Å²) in [4.78, 5) is 22.1. The van der Waals surface area contributed by atoms with E-state index in [1.54, 1.807) is 20.8 Å². The second-order valence-corrected chi connectivity index (χ2v) is 5.08. The first kappa shape index (κ1) is 13.8. The summed E-state index contributed by atoms with van der Waals surface area (Å²) >= 11 is 0. The van der Waals surface area contributed by atoms with Crippen molar-refractivity contribution in [3.8, 4) is 0 Å². The van der Waals surface area contributed by atoms with Gasteiger partial charge in [-0.25, -0.2) is 9.59 Å². The Hall–Kier alpha value is -1.30. The number of carbonyl (C=O) groups excluding carboxylic acids is 1. The number of hydrogen-bond donors (Lipinski definition) is 2. The van der Waals surface area contributed by atoms with E-state index < -0.39 is 23.8 Å². The van der Waals surface area contributed by atoms with Gasteiger partial charge in [-0.3, -0.25) is 0 Å². The number of carboxylic acids is 1. The Kier molecular flexibility index (Phi) is 4.34. The topological polar surface area (TPSA) is 84.9 Å². The van der Waals surface area contributed by atoms with Crippen LogP contribution in [0.3, 0.4) is 0 Å². The molecule has 0 saturated carbocycles. The highest BCUT2D eigenvalue weighted by Gasteiger charge is 2.28. The van der Waals surface area contributed by atoms with Crippen molar-refractivity contribution >= 4 is 12.1 Å². The second kappa shape index (κ2) is 5.35. The van der Waals surface area contributed by atoms with Crippen LogP contribution in [0.25, 0.3) is 0 Å². The highest BCUT2D eigenvalue weighted by Crippen LogP contribution is 2.14. The smallest absolute Gasteiger partial charge is 0.407 e. The van der Waals surface area contributed by atoms with Crippen molar-refractivity contribution in [3.05, 3.63) is 0 Å². The third-order valence-corrected chi connectivity index (χ3v) is 2.27. The summed E-state index contributed by atoms with van der Waals surface area (Å²) in [7, 11) is 0. The molecule has 1 fully saturated rings. The monoisotopic (exact) mass is 245 g/mol. The second-order valence-electron chi connectivity index (χ2n) is 5.08. The molecule has 0 aromatic rings. The molecule has 0 spiro atoms. The summed E-state index contributed by atoms with van der Waals surface area (Å²) in [5.41, 5.74) is -0.538. The Morgan fingerprint density at radius 2 is 2.00 bits per heavy atom. The van der Waals surface area contributed by atoms with E-state index >= 15 is 0 Å². The predicted molar refractivity (Wildman–Crippen MR) is 59.8 cm³/mol. The van der Waals surface area contributed by atoms with E-state index in [0.29, 0.717) is 12.8 Å². The van der Waals surface area contributed by atoms with Gasteiger partial charge in [-0.15, -0.1) is 0 Å². The molecular weight excluding hydrogens is 226 g/mol. The Balaban J connectivity index is 2.31. The largest absolute Gasteiger partial charge is 0.479 e. The van der Waals surface area contributed by atoms with Crippen molar-refractivity contribution in [2.24, 2.45) is 0 Å². The van der Waals surface area contributed by atoms with E-state index in [2.05, 4.69) is 5.32 Å². The molecule has 17 heavy (non-hydrogen) atoms. The van der Waals surface area contributed by atoms with Crippen LogP contribution in [0.15, 0.2) is 0 Å². The van der Waals surface area contributed by atoms with Crippen LogP contribution < -0.4 is 5.32 Å². The fourth-order valence-electron chi connectivity index (χ4n) is 1.53. The lowest BCUT2D eigenvalue weighted by Crippen LogP contribution is -2.46. The van der Waals surface area contributed by atoms with E-state index in [1.807, 2.05) is 0 Å². The Bertz CT molecular complexity index is 289. The van der Waals surface area contributed by atoms with Gasteiger partial charge in [0.1, 0.15) is 5.60 Å². The van der Waals surface area contributed by atoms with Gasteiger partial charge in [0.15, 0.2) is 6.10 Å². The van der Waals surface area contributed by atoms with Crippen molar-refractivity contribution < 1.29 is 24.2 Å². The molecule has 0 aliphatic carbocycles. The molecule has 1 unspecified atom stereocenters. The van der Waals surface area contributed by atoms with Crippen molar-refractivity contribution in [2.75, 3.05) is 6.61 Å². The molecule has 2 N–H and O–H groups in total. The van der Waals surface area contributed by atoms with Gasteiger partial charge in [-0.05, 0) is 33.6 Å². The zero-order valence-corrected chi connectivity index (χ0v) is 10.4. The highest BCUT2D eigenvalue weighted by atomic mass is 16.6. The summed E-state index contributed by atoms with van der Waals surface area (Å²) in [6, 6.07) is -0.180. The third kappa shape index (κ3) is 5.04. The summed E-state index contributed by atoms with van der Waals surface area (Å²) in [5, 5.41) is 11.4. The number of rotatable bonds is 2. The lowest BCUT2D eigenvalue weighted by molar-refractivity contribution is -0.153. The van der Waals surface area contributed by atoms with Gasteiger partial charge in [-0.1, -0.05) is 0 Å². The number of carboxylic acid groups (broad SMARTS) is 1. The standard InChI is InChI=1S/C11H19NO5/c1-11(2,3)17-10(15)12-7-4-5-8(9(13)14)16-6-7/h7-8H,4-6H2,1-3H3,(H,12,15)(H,13,14)/t7?,8-/m0/s1. The van der Waals surface area contributed by atoms with Crippen molar-refractivity contribution in [2.45, 2.75) is 51.4 Å². The van der Waals surface area contributed by atoms with Crippen LogP contribution in [0.2, 0.25) is 0 Å². The predicted octanol–water partition coefficient (Wildman–Crippen LogP) is 1.14. The normalized spacial score (nSPS) is 25.1. The quantitative estimate of drug-likeness (QED) is 0.762. The molecule has 6 heteroatoms. The number of amides is 1. The number of hydrogen-bond acceptors (Lipinski definition) is 4. The van der Waals surface area contributed by atoms with Crippen molar-refractivity contribution in [3.63, 3.8) is 0 Å². The molecule has 2 atom stereocenters. The molecule has 1 saturated heterocycles. The number of alkyl carbamates (subject to hydrolysis) is 1. The number of aliphatic carboxylic acids is 1. The average molecular weight is 245 g/mol. The van der Waals surface area contributed by atoms with Crippen LogP contribution >= 0.6 is 0 Å². The van der Waals surface area contributed by atoms with E-state index in [4.69, 9.17) is 14.6 Å². The first-order valence-electron chi connectivity index (χ1n) is 5.62.